The highest BCUT2D eigenvalue weighted by molar-refractivity contribution is 7.09. The molecule has 0 radical (unpaired) electrons. The van der Waals surface area contributed by atoms with Crippen LogP contribution in [0.25, 0.3) is 0 Å². The molecule has 1 aromatic heterocycles. The van der Waals surface area contributed by atoms with E-state index < -0.39 is 0 Å². The maximum atomic E-state index is 11.7. The Morgan fingerprint density at radius 2 is 1.86 bits per heavy atom. The summed E-state index contributed by atoms with van der Waals surface area (Å²) in [4.78, 5) is 12.8. The number of thiophene rings is 1. The van der Waals surface area contributed by atoms with Crippen molar-refractivity contribution in [1.82, 2.24) is 10.6 Å². The van der Waals surface area contributed by atoms with Crippen molar-refractivity contribution in [3.8, 4) is 5.75 Å². The van der Waals surface area contributed by atoms with Crippen LogP contribution in [-0.2, 0) is 17.8 Å². The van der Waals surface area contributed by atoms with Crippen LogP contribution >= 0.6 is 11.3 Å². The number of carbonyl (C=O) groups is 1. The van der Waals surface area contributed by atoms with E-state index >= 15 is 0 Å². The highest BCUT2D eigenvalue weighted by Crippen LogP contribution is 2.12. The molecule has 6 heteroatoms. The normalized spacial score (nSPS) is 10.2. The van der Waals surface area contributed by atoms with Gasteiger partial charge in [-0.2, -0.15) is 0 Å². The molecule has 0 bridgehead atoms. The first-order valence-corrected chi connectivity index (χ1v) is 7.90. The largest absolute Gasteiger partial charge is 0.491 e. The van der Waals surface area contributed by atoms with Gasteiger partial charge in [0.25, 0.3) is 0 Å². The zero-order chi connectivity index (χ0) is 15.6. The lowest BCUT2D eigenvalue weighted by Gasteiger charge is -2.08. The van der Waals surface area contributed by atoms with Gasteiger partial charge in [-0.25, -0.2) is 4.79 Å². The van der Waals surface area contributed by atoms with Crippen LogP contribution in [0.1, 0.15) is 10.4 Å². The van der Waals surface area contributed by atoms with Gasteiger partial charge in [0.15, 0.2) is 0 Å². The van der Waals surface area contributed by atoms with Gasteiger partial charge in [0, 0.05) is 18.5 Å². The molecule has 2 N–H and O–H groups in total. The summed E-state index contributed by atoms with van der Waals surface area (Å²) in [5.41, 5.74) is 1.02. The zero-order valence-electron chi connectivity index (χ0n) is 12.5. The first-order chi connectivity index (χ1) is 10.8. The highest BCUT2D eigenvalue weighted by atomic mass is 32.1. The van der Waals surface area contributed by atoms with E-state index in [1.165, 1.54) is 0 Å². The van der Waals surface area contributed by atoms with E-state index in [1.54, 1.807) is 18.4 Å². The number of hydrogen-bond acceptors (Lipinski definition) is 4. The Balaban J connectivity index is 1.68. The molecule has 5 nitrogen and oxygen atoms in total. The van der Waals surface area contributed by atoms with Gasteiger partial charge in [0.2, 0.25) is 0 Å². The fraction of sp³-hybridized carbons (Fsp3) is 0.312. The molecule has 1 aromatic carbocycles. The molecular formula is C16H20N2O3S. The van der Waals surface area contributed by atoms with E-state index in [0.717, 1.165) is 16.2 Å². The third-order valence-electron chi connectivity index (χ3n) is 2.94. The Bertz CT molecular complexity index is 555. The topological polar surface area (TPSA) is 59.6 Å². The van der Waals surface area contributed by atoms with Crippen molar-refractivity contribution in [2.24, 2.45) is 0 Å². The van der Waals surface area contributed by atoms with Crippen molar-refractivity contribution in [2.45, 2.75) is 13.1 Å². The van der Waals surface area contributed by atoms with Crippen molar-refractivity contribution in [2.75, 3.05) is 20.3 Å². The first-order valence-electron chi connectivity index (χ1n) is 7.02. The van der Waals surface area contributed by atoms with E-state index in [0.29, 0.717) is 26.3 Å². The van der Waals surface area contributed by atoms with Gasteiger partial charge in [0.05, 0.1) is 13.2 Å². The number of amides is 2. The number of urea groups is 1. The monoisotopic (exact) mass is 320 g/mol. The van der Waals surface area contributed by atoms with Crippen LogP contribution in [0.5, 0.6) is 5.75 Å². The van der Waals surface area contributed by atoms with Crippen molar-refractivity contribution in [3.63, 3.8) is 0 Å². The zero-order valence-corrected chi connectivity index (χ0v) is 13.3. The molecule has 0 aliphatic heterocycles. The fourth-order valence-electron chi connectivity index (χ4n) is 1.77. The third-order valence-corrected chi connectivity index (χ3v) is 3.81. The quantitative estimate of drug-likeness (QED) is 0.735. The molecule has 2 rings (SSSR count). The molecule has 0 aliphatic rings. The standard InChI is InChI=1S/C16H20N2O3S/c1-20-8-9-21-14-6-4-13(5-7-14)11-17-16(19)18-12-15-3-2-10-22-15/h2-7,10H,8-9,11-12H2,1H3,(H2,17,18,19). The van der Waals surface area contributed by atoms with E-state index in [4.69, 9.17) is 9.47 Å². The minimum Gasteiger partial charge on any atom is -0.491 e. The molecule has 0 saturated carbocycles. The Kier molecular flexibility index (Phi) is 6.73. The fourth-order valence-corrected chi connectivity index (χ4v) is 2.42. The van der Waals surface area contributed by atoms with Crippen LogP contribution in [0, 0.1) is 0 Å². The molecule has 2 amide bonds. The minimum atomic E-state index is -0.172. The molecule has 0 saturated heterocycles. The summed E-state index contributed by atoms with van der Waals surface area (Å²) < 4.78 is 10.4. The summed E-state index contributed by atoms with van der Waals surface area (Å²) >= 11 is 1.62. The van der Waals surface area contributed by atoms with Gasteiger partial charge in [-0.1, -0.05) is 18.2 Å². The van der Waals surface area contributed by atoms with Gasteiger partial charge in [-0.15, -0.1) is 11.3 Å². The molecule has 1 heterocycles. The lowest BCUT2D eigenvalue weighted by molar-refractivity contribution is 0.146. The molecule has 0 spiro atoms. The van der Waals surface area contributed by atoms with Crippen LogP contribution in [0.3, 0.4) is 0 Å². The van der Waals surface area contributed by atoms with Crippen LogP contribution in [0.15, 0.2) is 41.8 Å². The summed E-state index contributed by atoms with van der Waals surface area (Å²) in [6, 6.07) is 11.4. The average Bonchev–Trinajstić information content (AvgIpc) is 3.06. The second-order valence-electron chi connectivity index (χ2n) is 4.60. The van der Waals surface area contributed by atoms with Gasteiger partial charge in [0.1, 0.15) is 12.4 Å². The van der Waals surface area contributed by atoms with Gasteiger partial charge < -0.3 is 20.1 Å². The minimum absolute atomic E-state index is 0.172. The van der Waals surface area contributed by atoms with Gasteiger partial charge in [-0.3, -0.25) is 0 Å². The number of ether oxygens (including phenoxy) is 2. The lowest BCUT2D eigenvalue weighted by Crippen LogP contribution is -2.34. The lowest BCUT2D eigenvalue weighted by atomic mass is 10.2. The molecule has 0 aliphatic carbocycles. The predicted octanol–water partition coefficient (Wildman–Crippen LogP) is 2.77. The summed E-state index contributed by atoms with van der Waals surface area (Å²) in [5.74, 6) is 0.794. The summed E-state index contributed by atoms with van der Waals surface area (Å²) in [7, 11) is 1.64. The van der Waals surface area contributed by atoms with Crippen molar-refractivity contribution >= 4 is 17.4 Å². The maximum Gasteiger partial charge on any atom is 0.315 e. The molecule has 0 unspecified atom stereocenters. The SMILES string of the molecule is COCCOc1ccc(CNC(=O)NCc2cccs2)cc1. The summed E-state index contributed by atoms with van der Waals surface area (Å²) in [5, 5.41) is 7.64. The van der Waals surface area contributed by atoms with E-state index in [9.17, 15) is 4.79 Å². The Labute approximate surface area is 134 Å². The third kappa shape index (κ3) is 5.75. The number of methoxy groups -OCH3 is 1. The summed E-state index contributed by atoms with van der Waals surface area (Å²) in [6.45, 7) is 2.12. The first kappa shape index (κ1) is 16.3. The van der Waals surface area contributed by atoms with Crippen molar-refractivity contribution in [1.29, 1.82) is 0 Å². The van der Waals surface area contributed by atoms with Gasteiger partial charge >= 0.3 is 6.03 Å². The molecule has 22 heavy (non-hydrogen) atoms. The van der Waals surface area contributed by atoms with Crippen LogP contribution in [0.4, 0.5) is 4.79 Å². The summed E-state index contributed by atoms with van der Waals surface area (Å²) in [6.07, 6.45) is 0. The maximum absolute atomic E-state index is 11.7. The van der Waals surface area contributed by atoms with Crippen molar-refractivity contribution < 1.29 is 14.3 Å². The number of hydrogen-bond donors (Lipinski definition) is 2. The Morgan fingerprint density at radius 1 is 1.09 bits per heavy atom. The number of rotatable bonds is 8. The Morgan fingerprint density at radius 3 is 2.55 bits per heavy atom. The van der Waals surface area contributed by atoms with Crippen LogP contribution in [-0.4, -0.2) is 26.4 Å². The number of carbonyl (C=O) groups excluding carboxylic acids is 1. The van der Waals surface area contributed by atoms with E-state index in [2.05, 4.69) is 10.6 Å². The van der Waals surface area contributed by atoms with Crippen LogP contribution in [0.2, 0.25) is 0 Å². The molecule has 2 aromatic rings. The predicted molar refractivity (Wildman–Crippen MR) is 87.2 cm³/mol. The number of benzene rings is 1. The van der Waals surface area contributed by atoms with E-state index in [1.807, 2.05) is 41.8 Å². The smallest absolute Gasteiger partial charge is 0.315 e. The second-order valence-corrected chi connectivity index (χ2v) is 5.63. The van der Waals surface area contributed by atoms with E-state index in [-0.39, 0.29) is 6.03 Å². The molecule has 118 valence electrons. The van der Waals surface area contributed by atoms with Crippen molar-refractivity contribution in [3.05, 3.63) is 52.2 Å². The molecule has 0 atom stereocenters. The second kappa shape index (κ2) is 9.07. The highest BCUT2D eigenvalue weighted by Gasteiger charge is 2.02. The molecular weight excluding hydrogens is 300 g/mol. The molecule has 0 fully saturated rings. The Hall–Kier alpha value is -2.05. The van der Waals surface area contributed by atoms with Crippen LogP contribution < -0.4 is 15.4 Å². The number of nitrogens with one attached hydrogen (secondary N) is 2. The van der Waals surface area contributed by atoms with Gasteiger partial charge in [-0.05, 0) is 29.1 Å². The average molecular weight is 320 g/mol.